The molecule has 0 amide bonds. The van der Waals surface area contributed by atoms with Crippen LogP contribution >= 0.6 is 0 Å². The number of methoxy groups -OCH3 is 2. The van der Waals surface area contributed by atoms with Gasteiger partial charge < -0.3 is 29.2 Å². The van der Waals surface area contributed by atoms with Gasteiger partial charge in [-0.15, -0.1) is 0 Å². The molecular formula is C54H42O6. The highest BCUT2D eigenvalue weighted by molar-refractivity contribution is 5.98. The van der Waals surface area contributed by atoms with Gasteiger partial charge in [0.2, 0.25) is 0 Å². The third-order valence-electron chi connectivity index (χ3n) is 11.2. The van der Waals surface area contributed by atoms with Crippen LogP contribution in [0, 0.1) is 0 Å². The molecule has 9 aromatic rings. The van der Waals surface area contributed by atoms with Crippen LogP contribution in [0.15, 0.2) is 206 Å². The molecule has 60 heavy (non-hydrogen) atoms. The molecular weight excluding hydrogens is 745 g/mol. The number of hydrogen-bond donors (Lipinski definition) is 2. The van der Waals surface area contributed by atoms with Crippen LogP contribution in [-0.4, -0.2) is 24.4 Å². The molecule has 0 fully saturated rings. The van der Waals surface area contributed by atoms with E-state index in [-0.39, 0.29) is 0 Å². The summed E-state index contributed by atoms with van der Waals surface area (Å²) in [4.78, 5) is 0. The van der Waals surface area contributed by atoms with Crippen molar-refractivity contribution < 1.29 is 29.2 Å². The Balaban J connectivity index is 0.000000119. The van der Waals surface area contributed by atoms with Crippen molar-refractivity contribution in [1.29, 1.82) is 0 Å². The summed E-state index contributed by atoms with van der Waals surface area (Å²) in [6.07, 6.45) is 0. The van der Waals surface area contributed by atoms with Crippen molar-refractivity contribution in [2.75, 3.05) is 14.2 Å². The first kappa shape index (κ1) is 38.2. The zero-order valence-corrected chi connectivity index (χ0v) is 33.2. The van der Waals surface area contributed by atoms with E-state index in [0.29, 0.717) is 23.0 Å². The topological polar surface area (TPSA) is 77.4 Å². The molecule has 0 atom stereocenters. The molecule has 0 radical (unpaired) electrons. The smallest absolute Gasteiger partial charge is 0.147 e. The average molecular weight is 787 g/mol. The molecule has 0 saturated carbocycles. The fourth-order valence-electron chi connectivity index (χ4n) is 8.11. The van der Waals surface area contributed by atoms with Gasteiger partial charge >= 0.3 is 0 Å². The Labute approximate surface area is 349 Å². The lowest BCUT2D eigenvalue weighted by Gasteiger charge is -2.36. The summed E-state index contributed by atoms with van der Waals surface area (Å²) >= 11 is 0. The zero-order chi connectivity index (χ0) is 41.1. The quantitative estimate of drug-likeness (QED) is 0.173. The van der Waals surface area contributed by atoms with E-state index < -0.39 is 11.2 Å². The van der Waals surface area contributed by atoms with Gasteiger partial charge in [0.05, 0.1) is 14.2 Å². The van der Waals surface area contributed by atoms with Crippen LogP contribution in [0.4, 0.5) is 0 Å². The molecule has 11 rings (SSSR count). The van der Waals surface area contributed by atoms with Crippen molar-refractivity contribution in [2.45, 2.75) is 11.2 Å². The maximum atomic E-state index is 11.7. The minimum atomic E-state index is -1.25. The lowest BCUT2D eigenvalue weighted by molar-refractivity contribution is 0.112. The number of para-hydroxylation sites is 4. The van der Waals surface area contributed by atoms with E-state index in [2.05, 4.69) is 60.7 Å². The summed E-state index contributed by atoms with van der Waals surface area (Å²) in [5.41, 5.74) is 2.01. The average Bonchev–Trinajstić information content (AvgIpc) is 3.31. The third kappa shape index (κ3) is 6.88. The number of benzene rings is 9. The van der Waals surface area contributed by atoms with Gasteiger partial charge in [-0.3, -0.25) is 0 Å². The lowest BCUT2D eigenvalue weighted by atomic mass is 9.78. The SMILES string of the molecule is COc1ccc(C2(O)c3ccccc3Oc3ccccc32)cc1.COc1ccc(C2(O)c3ccccc3Oc3ccccc32)cc1.c1ccc2cc3ccccc3cc2c1. The Morgan fingerprint density at radius 1 is 0.333 bits per heavy atom. The Morgan fingerprint density at radius 2 is 0.583 bits per heavy atom. The molecule has 2 aliphatic heterocycles. The van der Waals surface area contributed by atoms with Crippen LogP contribution in [0.25, 0.3) is 21.5 Å². The molecule has 2 aliphatic rings. The van der Waals surface area contributed by atoms with Gasteiger partial charge in [-0.25, -0.2) is 0 Å². The van der Waals surface area contributed by atoms with Gasteiger partial charge in [-0.2, -0.15) is 0 Å². The van der Waals surface area contributed by atoms with E-state index in [9.17, 15) is 10.2 Å². The summed E-state index contributed by atoms with van der Waals surface area (Å²) in [7, 11) is 3.26. The van der Waals surface area contributed by atoms with Crippen molar-refractivity contribution in [2.24, 2.45) is 0 Å². The van der Waals surface area contributed by atoms with Gasteiger partial charge in [-0.05, 0) is 93.3 Å². The Kier molecular flexibility index (Phi) is 10.2. The van der Waals surface area contributed by atoms with Gasteiger partial charge in [0.25, 0.3) is 0 Å². The van der Waals surface area contributed by atoms with Crippen LogP contribution in [0.5, 0.6) is 34.5 Å². The second-order valence-corrected chi connectivity index (χ2v) is 14.6. The second-order valence-electron chi connectivity index (χ2n) is 14.6. The number of rotatable bonds is 4. The fraction of sp³-hybridized carbons (Fsp3) is 0.0741. The summed E-state index contributed by atoms with van der Waals surface area (Å²) < 4.78 is 22.4. The number of ether oxygens (including phenoxy) is 4. The molecule has 6 nitrogen and oxygen atoms in total. The van der Waals surface area contributed by atoms with Crippen LogP contribution < -0.4 is 18.9 Å². The molecule has 0 spiro atoms. The van der Waals surface area contributed by atoms with E-state index in [1.165, 1.54) is 21.5 Å². The summed E-state index contributed by atoms with van der Waals surface area (Å²) in [5.74, 6) is 4.19. The highest BCUT2D eigenvalue weighted by Gasteiger charge is 2.43. The molecule has 9 aromatic carbocycles. The van der Waals surface area contributed by atoms with Gasteiger partial charge in [-0.1, -0.05) is 146 Å². The van der Waals surface area contributed by atoms with E-state index in [0.717, 1.165) is 44.9 Å². The lowest BCUT2D eigenvalue weighted by Crippen LogP contribution is -2.32. The molecule has 294 valence electrons. The highest BCUT2D eigenvalue weighted by atomic mass is 16.5. The van der Waals surface area contributed by atoms with E-state index >= 15 is 0 Å². The van der Waals surface area contributed by atoms with Gasteiger partial charge in [0.1, 0.15) is 45.7 Å². The zero-order valence-electron chi connectivity index (χ0n) is 33.2. The van der Waals surface area contributed by atoms with Gasteiger partial charge in [0, 0.05) is 22.3 Å². The van der Waals surface area contributed by atoms with Crippen molar-refractivity contribution in [1.82, 2.24) is 0 Å². The Bertz CT molecular complexity index is 2590. The summed E-state index contributed by atoms with van der Waals surface area (Å²) in [5, 5.41) is 28.6. The van der Waals surface area contributed by atoms with E-state index in [4.69, 9.17) is 18.9 Å². The number of hydrogen-bond acceptors (Lipinski definition) is 6. The van der Waals surface area contributed by atoms with Crippen molar-refractivity contribution in [3.63, 3.8) is 0 Å². The predicted octanol–water partition coefficient (Wildman–Crippen LogP) is 12.2. The van der Waals surface area contributed by atoms with Crippen molar-refractivity contribution in [3.8, 4) is 34.5 Å². The molecule has 0 aliphatic carbocycles. The second kappa shape index (κ2) is 16.1. The highest BCUT2D eigenvalue weighted by Crippen LogP contribution is 2.51. The molecule has 0 bridgehead atoms. The van der Waals surface area contributed by atoms with Crippen LogP contribution in [0.2, 0.25) is 0 Å². The van der Waals surface area contributed by atoms with Crippen LogP contribution in [0.3, 0.4) is 0 Å². The molecule has 2 heterocycles. The van der Waals surface area contributed by atoms with Crippen LogP contribution in [0.1, 0.15) is 33.4 Å². The Morgan fingerprint density at radius 3 is 0.850 bits per heavy atom. The summed E-state index contributed by atoms with van der Waals surface area (Å²) in [6.45, 7) is 0. The van der Waals surface area contributed by atoms with Crippen LogP contribution in [-0.2, 0) is 11.2 Å². The maximum Gasteiger partial charge on any atom is 0.147 e. The fourth-order valence-corrected chi connectivity index (χ4v) is 8.11. The molecule has 6 heteroatoms. The number of fused-ring (bicyclic) bond motifs is 6. The van der Waals surface area contributed by atoms with Crippen molar-refractivity contribution in [3.05, 3.63) is 240 Å². The standard InChI is InChI=1S/2C20H16O3.C14H10/c2*1-22-15-12-10-14(11-13-15)20(21)16-6-2-4-8-18(16)23-19-9-5-3-7-17(19)20;1-2-6-12-10-14-8-4-3-7-13(14)9-11(12)5-1/h2*2-13,21H,1H3;1-10H. The largest absolute Gasteiger partial charge is 0.497 e. The maximum absolute atomic E-state index is 11.7. The Hall–Kier alpha value is -7.38. The molecule has 0 aromatic heterocycles. The minimum absolute atomic E-state index is 0.671. The molecule has 0 unspecified atom stereocenters. The first-order chi connectivity index (χ1) is 29.4. The van der Waals surface area contributed by atoms with E-state index in [1.54, 1.807) is 14.2 Å². The minimum Gasteiger partial charge on any atom is -0.497 e. The van der Waals surface area contributed by atoms with E-state index in [1.807, 2.05) is 146 Å². The predicted molar refractivity (Wildman–Crippen MR) is 238 cm³/mol. The van der Waals surface area contributed by atoms with Crippen molar-refractivity contribution >= 4 is 21.5 Å². The molecule has 2 N–H and O–H groups in total. The summed E-state index contributed by atoms with van der Waals surface area (Å²) in [6, 6.07) is 66.7. The monoisotopic (exact) mass is 786 g/mol. The normalized spacial score (nSPS) is 13.5. The molecule has 0 saturated heterocycles. The third-order valence-corrected chi connectivity index (χ3v) is 11.2. The first-order valence-corrected chi connectivity index (χ1v) is 19.7. The number of aliphatic hydroxyl groups is 2. The first-order valence-electron chi connectivity index (χ1n) is 19.7. The van der Waals surface area contributed by atoms with Gasteiger partial charge in [0.15, 0.2) is 0 Å².